The molecule has 2 unspecified atom stereocenters. The average Bonchev–Trinajstić information content (AvgIpc) is 2.64. The molecule has 98 valence electrons. The fraction of sp³-hybridized carbons (Fsp3) is 0.533. The highest BCUT2D eigenvalue weighted by Gasteiger charge is 2.39. The highest BCUT2D eigenvalue weighted by atomic mass is 16.7. The second kappa shape index (κ2) is 6.01. The number of unbranched alkanes of at least 4 members (excludes halogenated alkanes) is 1. The van der Waals surface area contributed by atoms with Crippen LogP contribution in [0.3, 0.4) is 0 Å². The average molecular weight is 247 g/mol. The molecule has 0 bridgehead atoms. The number of hydrogen-bond acceptors (Lipinski definition) is 3. The van der Waals surface area contributed by atoms with Crippen LogP contribution in [0.25, 0.3) is 0 Å². The van der Waals surface area contributed by atoms with Crippen LogP contribution in [-0.2, 0) is 16.2 Å². The van der Waals surface area contributed by atoms with E-state index in [9.17, 15) is 4.79 Å². The summed E-state index contributed by atoms with van der Waals surface area (Å²) in [7, 11) is 0. The molecule has 2 atom stereocenters. The molecule has 1 saturated heterocycles. The SMILES string of the molecule is CCCCC1C(=O)ON(Cc2ccccc2)C1C. The Morgan fingerprint density at radius 2 is 2.00 bits per heavy atom. The van der Waals surface area contributed by atoms with Crippen molar-refractivity contribution in [2.24, 2.45) is 5.92 Å². The molecule has 3 nitrogen and oxygen atoms in total. The zero-order valence-corrected chi connectivity index (χ0v) is 11.1. The van der Waals surface area contributed by atoms with Crippen LogP contribution in [0.1, 0.15) is 38.7 Å². The minimum Gasteiger partial charge on any atom is -0.367 e. The number of carbonyl (C=O) groups excluding carboxylic acids is 1. The summed E-state index contributed by atoms with van der Waals surface area (Å²) in [6.45, 7) is 4.90. The zero-order valence-electron chi connectivity index (χ0n) is 11.1. The largest absolute Gasteiger partial charge is 0.367 e. The lowest BCUT2D eigenvalue weighted by Crippen LogP contribution is -2.28. The van der Waals surface area contributed by atoms with Crippen molar-refractivity contribution >= 4 is 5.97 Å². The molecule has 3 heteroatoms. The smallest absolute Gasteiger partial charge is 0.329 e. The van der Waals surface area contributed by atoms with Gasteiger partial charge in [-0.1, -0.05) is 50.1 Å². The fourth-order valence-corrected chi connectivity index (χ4v) is 2.39. The first-order valence-electron chi connectivity index (χ1n) is 6.74. The third kappa shape index (κ3) is 2.91. The lowest BCUT2D eigenvalue weighted by atomic mass is 9.96. The number of nitrogens with zero attached hydrogens (tertiary/aromatic N) is 1. The van der Waals surface area contributed by atoms with Crippen molar-refractivity contribution in [3.63, 3.8) is 0 Å². The van der Waals surface area contributed by atoms with Crippen LogP contribution >= 0.6 is 0 Å². The molecule has 0 spiro atoms. The van der Waals surface area contributed by atoms with Gasteiger partial charge in [-0.2, -0.15) is 0 Å². The quantitative estimate of drug-likeness (QED) is 0.800. The first-order valence-corrected chi connectivity index (χ1v) is 6.74. The number of hydrogen-bond donors (Lipinski definition) is 0. The van der Waals surface area contributed by atoms with E-state index in [2.05, 4.69) is 26.0 Å². The molecule has 1 fully saturated rings. The molecule has 18 heavy (non-hydrogen) atoms. The standard InChI is InChI=1S/C15H21NO2/c1-3-4-10-14-12(2)16(18-15(14)17)11-13-8-6-5-7-9-13/h5-9,12,14H,3-4,10-11H2,1-2H3. The van der Waals surface area contributed by atoms with Crippen molar-refractivity contribution in [3.8, 4) is 0 Å². The van der Waals surface area contributed by atoms with Gasteiger partial charge in [0, 0.05) is 0 Å². The molecular formula is C15H21NO2. The Balaban J connectivity index is 1.97. The van der Waals surface area contributed by atoms with Gasteiger partial charge in [-0.05, 0) is 18.9 Å². The maximum Gasteiger partial charge on any atom is 0.329 e. The lowest BCUT2D eigenvalue weighted by Gasteiger charge is -2.19. The van der Waals surface area contributed by atoms with Gasteiger partial charge < -0.3 is 4.84 Å². The van der Waals surface area contributed by atoms with Crippen molar-refractivity contribution in [2.45, 2.75) is 45.7 Å². The van der Waals surface area contributed by atoms with Crippen molar-refractivity contribution in [1.82, 2.24) is 5.06 Å². The predicted octanol–water partition coefficient (Wildman–Crippen LogP) is 3.16. The Morgan fingerprint density at radius 3 is 2.67 bits per heavy atom. The summed E-state index contributed by atoms with van der Waals surface area (Å²) in [5.74, 6) is -0.0273. The fourth-order valence-electron chi connectivity index (χ4n) is 2.39. The van der Waals surface area contributed by atoms with Gasteiger partial charge in [0.1, 0.15) is 0 Å². The van der Waals surface area contributed by atoms with E-state index in [1.54, 1.807) is 0 Å². The van der Waals surface area contributed by atoms with Gasteiger partial charge >= 0.3 is 5.97 Å². The van der Waals surface area contributed by atoms with Crippen LogP contribution in [0.4, 0.5) is 0 Å². The Kier molecular flexibility index (Phi) is 4.37. The molecule has 1 aliphatic rings. The lowest BCUT2D eigenvalue weighted by molar-refractivity contribution is -0.177. The van der Waals surface area contributed by atoms with Crippen LogP contribution in [0.2, 0.25) is 0 Å². The number of carbonyl (C=O) groups is 1. The van der Waals surface area contributed by atoms with Gasteiger partial charge in [0.15, 0.2) is 0 Å². The van der Waals surface area contributed by atoms with Gasteiger partial charge in [0.2, 0.25) is 0 Å². The summed E-state index contributed by atoms with van der Waals surface area (Å²) in [6, 6.07) is 10.3. The van der Waals surface area contributed by atoms with Crippen molar-refractivity contribution < 1.29 is 9.63 Å². The summed E-state index contributed by atoms with van der Waals surface area (Å²) >= 11 is 0. The molecule has 0 aliphatic carbocycles. The second-order valence-electron chi connectivity index (χ2n) is 4.96. The second-order valence-corrected chi connectivity index (χ2v) is 4.96. The van der Waals surface area contributed by atoms with Crippen LogP contribution in [0.15, 0.2) is 30.3 Å². The van der Waals surface area contributed by atoms with Crippen molar-refractivity contribution in [3.05, 3.63) is 35.9 Å². The van der Waals surface area contributed by atoms with E-state index in [0.717, 1.165) is 19.3 Å². The Bertz CT molecular complexity index is 391. The Hall–Kier alpha value is -1.35. The van der Waals surface area contributed by atoms with Gasteiger partial charge in [-0.25, -0.2) is 4.79 Å². The zero-order chi connectivity index (χ0) is 13.0. The van der Waals surface area contributed by atoms with Crippen molar-refractivity contribution in [2.75, 3.05) is 0 Å². The molecule has 1 aliphatic heterocycles. The molecule has 0 saturated carbocycles. The Morgan fingerprint density at radius 1 is 1.28 bits per heavy atom. The van der Waals surface area contributed by atoms with Crippen LogP contribution in [0, 0.1) is 5.92 Å². The summed E-state index contributed by atoms with van der Waals surface area (Å²) in [6.07, 6.45) is 3.14. The van der Waals surface area contributed by atoms with Gasteiger partial charge in [0.05, 0.1) is 18.5 Å². The van der Waals surface area contributed by atoms with Gasteiger partial charge in [0.25, 0.3) is 0 Å². The molecule has 2 rings (SSSR count). The summed E-state index contributed by atoms with van der Waals surface area (Å²) in [4.78, 5) is 17.2. The molecule has 1 aromatic carbocycles. The molecule has 1 heterocycles. The highest BCUT2D eigenvalue weighted by molar-refractivity contribution is 5.74. The van der Waals surface area contributed by atoms with Crippen LogP contribution in [0.5, 0.6) is 0 Å². The third-order valence-corrected chi connectivity index (χ3v) is 3.60. The summed E-state index contributed by atoms with van der Waals surface area (Å²) in [5.41, 5.74) is 1.17. The van der Waals surface area contributed by atoms with Crippen molar-refractivity contribution in [1.29, 1.82) is 0 Å². The highest BCUT2D eigenvalue weighted by Crippen LogP contribution is 2.28. The van der Waals surface area contributed by atoms with Crippen LogP contribution < -0.4 is 0 Å². The Labute approximate surface area is 109 Å². The summed E-state index contributed by atoms with van der Waals surface area (Å²) < 4.78 is 0. The van der Waals surface area contributed by atoms with E-state index in [1.165, 1.54) is 5.56 Å². The normalized spacial score (nSPS) is 24.2. The number of hydroxylamine groups is 2. The molecule has 1 aromatic rings. The predicted molar refractivity (Wildman–Crippen MR) is 70.6 cm³/mol. The van der Waals surface area contributed by atoms with E-state index in [0.29, 0.717) is 6.54 Å². The maximum atomic E-state index is 11.8. The minimum absolute atomic E-state index is 0.0358. The van der Waals surface area contributed by atoms with E-state index in [1.807, 2.05) is 23.3 Å². The third-order valence-electron chi connectivity index (χ3n) is 3.60. The molecular weight excluding hydrogens is 226 g/mol. The molecule has 0 radical (unpaired) electrons. The van der Waals surface area contributed by atoms with E-state index in [-0.39, 0.29) is 17.9 Å². The first kappa shape index (κ1) is 13.1. The van der Waals surface area contributed by atoms with Crippen LogP contribution in [-0.4, -0.2) is 17.1 Å². The minimum atomic E-state index is -0.0631. The first-order chi connectivity index (χ1) is 8.72. The number of rotatable bonds is 5. The molecule has 0 N–H and O–H groups in total. The maximum absolute atomic E-state index is 11.8. The molecule has 0 aromatic heterocycles. The van der Waals surface area contributed by atoms with Gasteiger partial charge in [-0.15, -0.1) is 5.06 Å². The van der Waals surface area contributed by atoms with Gasteiger partial charge in [-0.3, -0.25) is 0 Å². The number of benzene rings is 1. The van der Waals surface area contributed by atoms with E-state index < -0.39 is 0 Å². The topological polar surface area (TPSA) is 29.5 Å². The van der Waals surface area contributed by atoms with E-state index in [4.69, 9.17) is 4.84 Å². The molecule has 0 amide bonds. The van der Waals surface area contributed by atoms with E-state index >= 15 is 0 Å². The summed E-state index contributed by atoms with van der Waals surface area (Å²) in [5, 5.41) is 1.82. The monoisotopic (exact) mass is 247 g/mol.